The molecule has 0 fully saturated rings. The molecule has 2 rings (SSSR count). The molecule has 0 amide bonds. The number of phenols is 1. The van der Waals surface area contributed by atoms with Gasteiger partial charge in [0.15, 0.2) is 0 Å². The molecule has 2 aromatic carbocycles. The van der Waals surface area contributed by atoms with E-state index in [0.717, 1.165) is 5.56 Å². The number of halogens is 1. The van der Waals surface area contributed by atoms with Crippen molar-refractivity contribution in [2.45, 2.75) is 11.2 Å². The van der Waals surface area contributed by atoms with Crippen LogP contribution in [0.1, 0.15) is 16.8 Å². The van der Waals surface area contributed by atoms with Gasteiger partial charge < -0.3 is 9.84 Å². The van der Waals surface area contributed by atoms with Crippen LogP contribution in [0.15, 0.2) is 54.6 Å². The van der Waals surface area contributed by atoms with Crippen molar-refractivity contribution in [1.82, 2.24) is 0 Å². The Morgan fingerprint density at radius 3 is 2.37 bits per heavy atom. The summed E-state index contributed by atoms with van der Waals surface area (Å²) in [6, 6.07) is 15.7. The molecule has 0 spiro atoms. The first kappa shape index (κ1) is 13.6. The molecular weight excluding hydrogens is 308 g/mol. The van der Waals surface area contributed by atoms with E-state index in [1.54, 1.807) is 36.4 Å². The first-order valence-electron chi connectivity index (χ1n) is 5.84. The summed E-state index contributed by atoms with van der Waals surface area (Å²) in [6.07, 6.45) is 0.222. The molecule has 4 heteroatoms. The molecule has 0 saturated heterocycles. The summed E-state index contributed by atoms with van der Waals surface area (Å²) < 4.78 is 5.21. The van der Waals surface area contributed by atoms with Crippen LogP contribution in [-0.4, -0.2) is 11.1 Å². The number of alkyl halides is 1. The van der Waals surface area contributed by atoms with Gasteiger partial charge in [0.1, 0.15) is 11.5 Å². The van der Waals surface area contributed by atoms with Crippen molar-refractivity contribution in [2.24, 2.45) is 0 Å². The van der Waals surface area contributed by atoms with Gasteiger partial charge in [-0.2, -0.15) is 0 Å². The number of carbonyl (C=O) groups is 1. The van der Waals surface area contributed by atoms with Crippen LogP contribution in [0.2, 0.25) is 0 Å². The van der Waals surface area contributed by atoms with Crippen LogP contribution >= 0.6 is 15.9 Å². The topological polar surface area (TPSA) is 46.5 Å². The maximum absolute atomic E-state index is 11.8. The molecule has 2 aromatic rings. The van der Waals surface area contributed by atoms with E-state index in [1.165, 1.54) is 0 Å². The zero-order valence-electron chi connectivity index (χ0n) is 10.1. The molecule has 0 aliphatic rings. The first-order chi connectivity index (χ1) is 9.15. The quantitative estimate of drug-likeness (QED) is 0.529. The first-order valence-corrected chi connectivity index (χ1v) is 6.75. The van der Waals surface area contributed by atoms with Crippen molar-refractivity contribution in [1.29, 1.82) is 0 Å². The lowest BCUT2D eigenvalue weighted by Crippen LogP contribution is -2.10. The zero-order valence-corrected chi connectivity index (χ0v) is 11.7. The van der Waals surface area contributed by atoms with E-state index in [-0.39, 0.29) is 23.0 Å². The third-order valence-corrected chi connectivity index (χ3v) is 3.43. The molecule has 0 aliphatic carbocycles. The number of carbonyl (C=O) groups excluding carboxylic acids is 1. The highest BCUT2D eigenvalue weighted by molar-refractivity contribution is 9.09. The number of hydrogen-bond donors (Lipinski definition) is 1. The molecule has 1 unspecified atom stereocenters. The zero-order chi connectivity index (χ0) is 13.7. The normalized spacial score (nSPS) is 11.8. The fourth-order valence-corrected chi connectivity index (χ4v) is 2.18. The second kappa shape index (κ2) is 6.38. The van der Waals surface area contributed by atoms with Crippen LogP contribution in [0, 0.1) is 0 Å². The van der Waals surface area contributed by atoms with Gasteiger partial charge in [0, 0.05) is 4.83 Å². The lowest BCUT2D eigenvalue weighted by atomic mass is 10.1. The lowest BCUT2D eigenvalue weighted by Gasteiger charge is -2.10. The third kappa shape index (κ3) is 4.10. The molecule has 1 atom stereocenters. The molecule has 0 radical (unpaired) electrons. The molecule has 3 nitrogen and oxygen atoms in total. The Bertz CT molecular complexity index is 537. The molecule has 0 saturated carbocycles. The van der Waals surface area contributed by atoms with Gasteiger partial charge in [-0.1, -0.05) is 46.3 Å². The van der Waals surface area contributed by atoms with Crippen molar-refractivity contribution in [3.05, 3.63) is 60.2 Å². The summed E-state index contributed by atoms with van der Waals surface area (Å²) in [5, 5.41) is 9.21. The van der Waals surface area contributed by atoms with Gasteiger partial charge in [0.05, 0.1) is 6.42 Å². The van der Waals surface area contributed by atoms with Crippen LogP contribution in [-0.2, 0) is 4.79 Å². The van der Waals surface area contributed by atoms with Gasteiger partial charge in [-0.05, 0) is 29.8 Å². The number of rotatable bonds is 4. The Morgan fingerprint density at radius 2 is 1.74 bits per heavy atom. The Hall–Kier alpha value is -1.81. The Morgan fingerprint density at radius 1 is 1.11 bits per heavy atom. The highest BCUT2D eigenvalue weighted by Gasteiger charge is 2.14. The van der Waals surface area contributed by atoms with E-state index in [1.807, 2.05) is 18.2 Å². The van der Waals surface area contributed by atoms with E-state index in [9.17, 15) is 9.90 Å². The molecule has 98 valence electrons. The van der Waals surface area contributed by atoms with Crippen molar-refractivity contribution in [3.63, 3.8) is 0 Å². The minimum atomic E-state index is -0.304. The Labute approximate surface area is 120 Å². The van der Waals surface area contributed by atoms with Crippen LogP contribution in [0.25, 0.3) is 0 Å². The average Bonchev–Trinajstić information content (AvgIpc) is 2.40. The molecule has 19 heavy (non-hydrogen) atoms. The third-order valence-electron chi connectivity index (χ3n) is 2.58. The van der Waals surface area contributed by atoms with Crippen molar-refractivity contribution >= 4 is 21.9 Å². The van der Waals surface area contributed by atoms with E-state index in [0.29, 0.717) is 5.75 Å². The Kier molecular flexibility index (Phi) is 4.58. The van der Waals surface area contributed by atoms with Gasteiger partial charge in [-0.3, -0.25) is 4.79 Å². The van der Waals surface area contributed by atoms with Crippen LogP contribution in [0.3, 0.4) is 0 Å². The van der Waals surface area contributed by atoms with Crippen molar-refractivity contribution < 1.29 is 14.6 Å². The van der Waals surface area contributed by atoms with Crippen molar-refractivity contribution in [2.75, 3.05) is 0 Å². The molecule has 0 bridgehead atoms. The van der Waals surface area contributed by atoms with Gasteiger partial charge in [-0.25, -0.2) is 0 Å². The second-order valence-corrected chi connectivity index (χ2v) is 5.16. The SMILES string of the molecule is O=C(CC(Br)c1ccc(O)cc1)Oc1ccccc1. The van der Waals surface area contributed by atoms with Gasteiger partial charge in [-0.15, -0.1) is 0 Å². The monoisotopic (exact) mass is 320 g/mol. The fraction of sp³-hybridized carbons (Fsp3) is 0.133. The maximum atomic E-state index is 11.8. The van der Waals surface area contributed by atoms with Crippen molar-refractivity contribution in [3.8, 4) is 11.5 Å². The molecule has 1 N–H and O–H groups in total. The van der Waals surface area contributed by atoms with E-state index in [2.05, 4.69) is 15.9 Å². The summed E-state index contributed by atoms with van der Waals surface area (Å²) in [5.74, 6) is 0.439. The predicted octanol–water partition coefficient (Wildman–Crippen LogP) is 3.82. The molecule has 0 aromatic heterocycles. The number of para-hydroxylation sites is 1. The molecule has 0 heterocycles. The highest BCUT2D eigenvalue weighted by atomic mass is 79.9. The van der Waals surface area contributed by atoms with Gasteiger partial charge >= 0.3 is 5.97 Å². The largest absolute Gasteiger partial charge is 0.508 e. The lowest BCUT2D eigenvalue weighted by molar-refractivity contribution is -0.134. The fourth-order valence-electron chi connectivity index (χ4n) is 1.61. The minimum absolute atomic E-state index is 0.135. The van der Waals surface area contributed by atoms with Crippen LogP contribution < -0.4 is 4.74 Å². The average molecular weight is 321 g/mol. The summed E-state index contributed by atoms with van der Waals surface area (Å²) >= 11 is 3.44. The van der Waals surface area contributed by atoms with Gasteiger partial charge in [0.2, 0.25) is 0 Å². The van der Waals surface area contributed by atoms with E-state index in [4.69, 9.17) is 4.74 Å². The summed E-state index contributed by atoms with van der Waals surface area (Å²) in [7, 11) is 0. The number of phenolic OH excluding ortho intramolecular Hbond substituents is 1. The molecular formula is C15H13BrO3. The summed E-state index contributed by atoms with van der Waals surface area (Å²) in [4.78, 5) is 11.6. The highest BCUT2D eigenvalue weighted by Crippen LogP contribution is 2.28. The number of hydrogen-bond acceptors (Lipinski definition) is 3. The number of esters is 1. The number of ether oxygens (including phenoxy) is 1. The molecule has 0 aliphatic heterocycles. The number of benzene rings is 2. The van der Waals surface area contributed by atoms with Crippen LogP contribution in [0.5, 0.6) is 11.5 Å². The van der Waals surface area contributed by atoms with Gasteiger partial charge in [0.25, 0.3) is 0 Å². The summed E-state index contributed by atoms with van der Waals surface area (Å²) in [6.45, 7) is 0. The Balaban J connectivity index is 1.93. The minimum Gasteiger partial charge on any atom is -0.508 e. The maximum Gasteiger partial charge on any atom is 0.312 e. The summed E-state index contributed by atoms with van der Waals surface area (Å²) in [5.41, 5.74) is 0.919. The second-order valence-electron chi connectivity index (χ2n) is 4.05. The van der Waals surface area contributed by atoms with E-state index < -0.39 is 0 Å². The van der Waals surface area contributed by atoms with Crippen LogP contribution in [0.4, 0.5) is 0 Å². The predicted molar refractivity (Wildman–Crippen MR) is 76.5 cm³/mol. The number of aromatic hydroxyl groups is 1. The smallest absolute Gasteiger partial charge is 0.312 e. The van der Waals surface area contributed by atoms with E-state index >= 15 is 0 Å². The standard InChI is InChI=1S/C15H13BrO3/c16-14(11-6-8-12(17)9-7-11)10-15(18)19-13-4-2-1-3-5-13/h1-9,14,17H,10H2.